The van der Waals surface area contributed by atoms with E-state index in [4.69, 9.17) is 21.1 Å². The molecule has 1 saturated heterocycles. The van der Waals surface area contributed by atoms with Gasteiger partial charge < -0.3 is 9.47 Å². The molecule has 1 aliphatic heterocycles. The number of halogens is 1. The molecule has 0 amide bonds. The maximum absolute atomic E-state index is 6.09. The summed E-state index contributed by atoms with van der Waals surface area (Å²) in [7, 11) is 0. The van der Waals surface area contributed by atoms with Crippen LogP contribution < -0.4 is 4.74 Å². The van der Waals surface area contributed by atoms with Crippen molar-refractivity contribution < 1.29 is 9.47 Å². The van der Waals surface area contributed by atoms with Crippen molar-refractivity contribution in [2.75, 3.05) is 5.88 Å². The number of benzene rings is 1. The van der Waals surface area contributed by atoms with Crippen molar-refractivity contribution in [1.82, 2.24) is 0 Å². The van der Waals surface area contributed by atoms with Gasteiger partial charge in [-0.1, -0.05) is 11.8 Å². The molecule has 1 fully saturated rings. The molecule has 3 heteroatoms. The Kier molecular flexibility index (Phi) is 4.32. The molecule has 1 atom stereocenters. The third-order valence-corrected chi connectivity index (χ3v) is 3.56. The lowest BCUT2D eigenvalue weighted by atomic mass is 9.97. The number of hydrogen-bond donors (Lipinski definition) is 0. The third kappa shape index (κ3) is 3.69. The van der Waals surface area contributed by atoms with Crippen LogP contribution in [0.15, 0.2) is 24.3 Å². The van der Waals surface area contributed by atoms with E-state index in [0.29, 0.717) is 5.88 Å². The Morgan fingerprint density at radius 2 is 1.90 bits per heavy atom. The fraction of sp³-hybridized carbons (Fsp3) is 0.529. The minimum absolute atomic E-state index is 0.0530. The maximum atomic E-state index is 6.09. The predicted molar refractivity (Wildman–Crippen MR) is 82.3 cm³/mol. The standard InChI is InChI=1S/C17H21ClO2/c1-16(2)12-15(17(3,4)20-16)19-14-9-7-13(8-10-14)6-5-11-18/h7-10,15H,11-12H2,1-4H3. The van der Waals surface area contributed by atoms with Gasteiger partial charge in [0.1, 0.15) is 17.5 Å². The van der Waals surface area contributed by atoms with E-state index in [1.54, 1.807) is 0 Å². The first-order valence-corrected chi connectivity index (χ1v) is 7.38. The zero-order valence-corrected chi connectivity index (χ0v) is 13.3. The molecule has 0 aromatic heterocycles. The molecule has 108 valence electrons. The highest BCUT2D eigenvalue weighted by molar-refractivity contribution is 6.19. The van der Waals surface area contributed by atoms with Crippen molar-refractivity contribution in [3.05, 3.63) is 29.8 Å². The van der Waals surface area contributed by atoms with Crippen molar-refractivity contribution in [2.24, 2.45) is 0 Å². The average Bonchev–Trinajstić information content (AvgIpc) is 2.56. The Morgan fingerprint density at radius 3 is 2.40 bits per heavy atom. The second-order valence-electron chi connectivity index (χ2n) is 6.24. The molecule has 2 nitrogen and oxygen atoms in total. The zero-order valence-electron chi connectivity index (χ0n) is 12.5. The third-order valence-electron chi connectivity index (χ3n) is 3.42. The van der Waals surface area contributed by atoms with Crippen molar-refractivity contribution in [2.45, 2.75) is 51.4 Å². The summed E-state index contributed by atoms with van der Waals surface area (Å²) in [6.45, 7) is 8.35. The summed E-state index contributed by atoms with van der Waals surface area (Å²) in [5, 5.41) is 0. The second kappa shape index (κ2) is 5.68. The van der Waals surface area contributed by atoms with E-state index in [-0.39, 0.29) is 17.3 Å². The molecule has 20 heavy (non-hydrogen) atoms. The van der Waals surface area contributed by atoms with Crippen molar-refractivity contribution >= 4 is 11.6 Å². The Bertz CT molecular complexity index is 520. The Hall–Kier alpha value is -1.17. The lowest BCUT2D eigenvalue weighted by Gasteiger charge is -2.27. The van der Waals surface area contributed by atoms with Gasteiger partial charge >= 0.3 is 0 Å². The fourth-order valence-corrected chi connectivity index (χ4v) is 2.68. The normalized spacial score (nSPS) is 22.9. The zero-order chi connectivity index (χ0) is 14.8. The molecule has 2 rings (SSSR count). The lowest BCUT2D eigenvalue weighted by molar-refractivity contribution is -0.0846. The van der Waals surface area contributed by atoms with E-state index < -0.39 is 0 Å². The van der Waals surface area contributed by atoms with Crippen LogP contribution in [0, 0.1) is 11.8 Å². The molecule has 0 N–H and O–H groups in total. The van der Waals surface area contributed by atoms with Crippen LogP contribution in [0.1, 0.15) is 39.7 Å². The summed E-state index contributed by atoms with van der Waals surface area (Å²) < 4.78 is 12.1. The molecule has 0 saturated carbocycles. The number of rotatable bonds is 2. The summed E-state index contributed by atoms with van der Waals surface area (Å²) in [6, 6.07) is 7.78. The second-order valence-corrected chi connectivity index (χ2v) is 6.50. The highest BCUT2D eigenvalue weighted by Crippen LogP contribution is 2.39. The quantitative estimate of drug-likeness (QED) is 0.606. The Labute approximate surface area is 126 Å². The van der Waals surface area contributed by atoms with Gasteiger partial charge in [0, 0.05) is 12.0 Å². The van der Waals surface area contributed by atoms with Gasteiger partial charge in [-0.15, -0.1) is 11.6 Å². The molecular weight excluding hydrogens is 272 g/mol. The van der Waals surface area contributed by atoms with E-state index in [9.17, 15) is 0 Å². The van der Waals surface area contributed by atoms with Gasteiger partial charge in [0.05, 0.1) is 11.5 Å². The number of alkyl halides is 1. The van der Waals surface area contributed by atoms with Crippen LogP contribution in [0.25, 0.3) is 0 Å². The largest absolute Gasteiger partial charge is 0.487 e. The molecule has 0 aliphatic carbocycles. The molecule has 1 unspecified atom stereocenters. The van der Waals surface area contributed by atoms with Crippen LogP contribution in [0.2, 0.25) is 0 Å². The Balaban J connectivity index is 2.07. The summed E-state index contributed by atoms with van der Waals surface area (Å²) in [6.07, 6.45) is 0.936. The minimum Gasteiger partial charge on any atom is -0.487 e. The van der Waals surface area contributed by atoms with E-state index in [1.165, 1.54) is 0 Å². The van der Waals surface area contributed by atoms with E-state index in [0.717, 1.165) is 17.7 Å². The topological polar surface area (TPSA) is 18.5 Å². The molecule has 0 spiro atoms. The van der Waals surface area contributed by atoms with Gasteiger partial charge in [-0.3, -0.25) is 0 Å². The first-order chi connectivity index (χ1) is 9.32. The summed E-state index contributed by atoms with van der Waals surface area (Å²) in [4.78, 5) is 0. The maximum Gasteiger partial charge on any atom is 0.130 e. The highest BCUT2D eigenvalue weighted by atomic mass is 35.5. The van der Waals surface area contributed by atoms with Gasteiger partial charge in [-0.25, -0.2) is 0 Å². The summed E-state index contributed by atoms with van der Waals surface area (Å²) in [5.41, 5.74) is 0.529. The summed E-state index contributed by atoms with van der Waals surface area (Å²) >= 11 is 5.54. The van der Waals surface area contributed by atoms with Gasteiger partial charge in [0.25, 0.3) is 0 Å². The highest BCUT2D eigenvalue weighted by Gasteiger charge is 2.47. The van der Waals surface area contributed by atoms with Crippen LogP contribution >= 0.6 is 11.6 Å². The lowest BCUT2D eigenvalue weighted by Crippen LogP contribution is -2.36. The van der Waals surface area contributed by atoms with Crippen LogP contribution in [0.3, 0.4) is 0 Å². The predicted octanol–water partition coefficient (Wildman–Crippen LogP) is 4.00. The smallest absolute Gasteiger partial charge is 0.130 e. The van der Waals surface area contributed by atoms with Crippen LogP contribution in [0.5, 0.6) is 5.75 Å². The van der Waals surface area contributed by atoms with Gasteiger partial charge in [0.2, 0.25) is 0 Å². The van der Waals surface area contributed by atoms with E-state index in [1.807, 2.05) is 24.3 Å². The monoisotopic (exact) mass is 292 g/mol. The van der Waals surface area contributed by atoms with Gasteiger partial charge in [-0.2, -0.15) is 0 Å². The molecule has 1 aromatic rings. The fourth-order valence-electron chi connectivity index (χ4n) is 2.61. The first-order valence-electron chi connectivity index (χ1n) is 6.84. The van der Waals surface area contributed by atoms with Gasteiger partial charge in [0.15, 0.2) is 0 Å². The minimum atomic E-state index is -0.277. The van der Waals surface area contributed by atoms with Crippen molar-refractivity contribution in [3.8, 4) is 17.6 Å². The molecule has 0 bridgehead atoms. The van der Waals surface area contributed by atoms with Crippen LogP contribution in [-0.2, 0) is 4.74 Å². The van der Waals surface area contributed by atoms with Gasteiger partial charge in [-0.05, 0) is 52.0 Å². The summed E-state index contributed by atoms with van der Waals surface area (Å²) in [5.74, 6) is 7.01. The number of hydrogen-bond acceptors (Lipinski definition) is 2. The van der Waals surface area contributed by atoms with Crippen molar-refractivity contribution in [1.29, 1.82) is 0 Å². The SMILES string of the molecule is CC1(C)CC(Oc2ccc(C#CCCl)cc2)C(C)(C)O1. The average molecular weight is 293 g/mol. The van der Waals surface area contributed by atoms with Crippen LogP contribution in [-0.4, -0.2) is 23.2 Å². The van der Waals surface area contributed by atoms with Crippen molar-refractivity contribution in [3.63, 3.8) is 0 Å². The molecule has 1 aliphatic rings. The van der Waals surface area contributed by atoms with E-state index in [2.05, 4.69) is 39.5 Å². The molecular formula is C17H21ClO2. The number of ether oxygens (including phenoxy) is 2. The molecule has 0 radical (unpaired) electrons. The molecule has 1 heterocycles. The Morgan fingerprint density at radius 1 is 1.25 bits per heavy atom. The van der Waals surface area contributed by atoms with E-state index >= 15 is 0 Å². The first kappa shape index (κ1) is 15.2. The van der Waals surface area contributed by atoms with Crippen LogP contribution in [0.4, 0.5) is 0 Å². The molecule has 1 aromatic carbocycles.